The zero-order valence-corrected chi connectivity index (χ0v) is 16.0. The van der Waals surface area contributed by atoms with E-state index in [0.29, 0.717) is 16.2 Å². The van der Waals surface area contributed by atoms with Crippen molar-refractivity contribution in [1.29, 1.82) is 0 Å². The molecule has 1 saturated heterocycles. The highest BCUT2D eigenvalue weighted by molar-refractivity contribution is 7.22. The first-order valence-electron chi connectivity index (χ1n) is 9.21. The number of benzene rings is 2. The van der Waals surface area contributed by atoms with Gasteiger partial charge in [0, 0.05) is 30.1 Å². The summed E-state index contributed by atoms with van der Waals surface area (Å²) in [5, 5.41) is 0.381. The highest BCUT2D eigenvalue weighted by atomic mass is 32.1. The first-order valence-corrected chi connectivity index (χ1v) is 10.0. The molecule has 6 nitrogen and oxygen atoms in total. The monoisotopic (exact) mass is 391 g/mol. The fourth-order valence-corrected chi connectivity index (χ4v) is 4.98. The van der Waals surface area contributed by atoms with E-state index in [2.05, 4.69) is 11.1 Å². The van der Waals surface area contributed by atoms with Crippen molar-refractivity contribution in [3.8, 4) is 0 Å². The van der Waals surface area contributed by atoms with Crippen molar-refractivity contribution in [2.45, 2.75) is 32.2 Å². The summed E-state index contributed by atoms with van der Waals surface area (Å²) in [5.74, 6) is -0.492. The third-order valence-corrected chi connectivity index (χ3v) is 6.30. The Morgan fingerprint density at radius 2 is 1.86 bits per heavy atom. The van der Waals surface area contributed by atoms with Gasteiger partial charge in [-0.1, -0.05) is 29.5 Å². The van der Waals surface area contributed by atoms with E-state index in [1.54, 1.807) is 18.2 Å². The minimum Gasteiger partial charge on any atom is -0.305 e. The van der Waals surface area contributed by atoms with E-state index >= 15 is 0 Å². The van der Waals surface area contributed by atoms with E-state index in [9.17, 15) is 14.4 Å². The third kappa shape index (κ3) is 2.54. The first-order chi connectivity index (χ1) is 13.5. The molecular formula is C21H17N3O3S. The van der Waals surface area contributed by atoms with Crippen LogP contribution in [0.1, 0.15) is 35.7 Å². The van der Waals surface area contributed by atoms with E-state index in [1.165, 1.54) is 16.9 Å². The molecule has 1 atom stereocenters. The molecular weight excluding hydrogens is 374 g/mol. The van der Waals surface area contributed by atoms with Gasteiger partial charge in [0.25, 0.3) is 5.91 Å². The molecule has 5 rings (SSSR count). The van der Waals surface area contributed by atoms with Crippen LogP contribution in [0, 0.1) is 0 Å². The number of carbonyl (C=O) groups excluding carboxylic acids is 3. The van der Waals surface area contributed by atoms with Crippen LogP contribution in [0.3, 0.4) is 0 Å². The van der Waals surface area contributed by atoms with Crippen molar-refractivity contribution >= 4 is 50.1 Å². The fourth-order valence-electron chi connectivity index (χ4n) is 3.95. The van der Waals surface area contributed by atoms with Gasteiger partial charge in [-0.05, 0) is 43.2 Å². The van der Waals surface area contributed by atoms with Crippen LogP contribution in [0.5, 0.6) is 0 Å². The summed E-state index contributed by atoms with van der Waals surface area (Å²) in [5.41, 5.74) is 3.39. The number of rotatable bonds is 2. The first kappa shape index (κ1) is 17.1. The van der Waals surface area contributed by atoms with Gasteiger partial charge >= 0.3 is 0 Å². The van der Waals surface area contributed by atoms with Gasteiger partial charge in [0.1, 0.15) is 0 Å². The van der Waals surface area contributed by atoms with Gasteiger partial charge in [0.2, 0.25) is 11.8 Å². The molecule has 1 fully saturated rings. The maximum atomic E-state index is 13.2. The number of carbonyl (C=O) groups is 3. The van der Waals surface area contributed by atoms with Crippen LogP contribution in [-0.2, 0) is 16.0 Å². The Balaban J connectivity index is 1.51. The average Bonchev–Trinajstić information content (AvgIpc) is 3.34. The Morgan fingerprint density at radius 1 is 1.11 bits per heavy atom. The molecule has 0 N–H and O–H groups in total. The highest BCUT2D eigenvalue weighted by Gasteiger charge is 2.33. The third-order valence-electron chi connectivity index (χ3n) is 5.29. The van der Waals surface area contributed by atoms with Crippen molar-refractivity contribution in [3.05, 3.63) is 53.6 Å². The van der Waals surface area contributed by atoms with Crippen LogP contribution in [0.25, 0.3) is 10.2 Å². The van der Waals surface area contributed by atoms with E-state index < -0.39 is 0 Å². The molecule has 2 aliphatic heterocycles. The number of hydrogen-bond donors (Lipinski definition) is 0. The number of hydrogen-bond acceptors (Lipinski definition) is 5. The Kier molecular flexibility index (Phi) is 3.80. The minimum atomic E-state index is -0.220. The molecule has 3 amide bonds. The number of amides is 3. The standard InChI is InChI=1S/C21H17N3O3S/c1-12-10-13-4-2-3-5-16(13)23(12)20(27)14-6-7-15-17(11-14)28-21(22-15)24-18(25)8-9-19(24)26/h2-7,11-12H,8-10H2,1H3/t12-/m1/s1. The van der Waals surface area contributed by atoms with Crippen LogP contribution in [0.4, 0.5) is 10.8 Å². The average molecular weight is 391 g/mol. The lowest BCUT2D eigenvalue weighted by Crippen LogP contribution is -2.35. The summed E-state index contributed by atoms with van der Waals surface area (Å²) in [6.07, 6.45) is 1.30. The summed E-state index contributed by atoms with van der Waals surface area (Å²) < 4.78 is 0.786. The molecule has 2 aliphatic rings. The topological polar surface area (TPSA) is 70.6 Å². The van der Waals surface area contributed by atoms with Crippen LogP contribution in [0.2, 0.25) is 0 Å². The maximum absolute atomic E-state index is 13.2. The Labute approximate surface area is 165 Å². The second kappa shape index (κ2) is 6.24. The summed E-state index contributed by atoms with van der Waals surface area (Å²) in [4.78, 5) is 44.6. The van der Waals surface area contributed by atoms with Gasteiger partial charge in [0.15, 0.2) is 5.13 Å². The van der Waals surface area contributed by atoms with Gasteiger partial charge in [-0.25, -0.2) is 9.88 Å². The molecule has 0 spiro atoms. The van der Waals surface area contributed by atoms with Crippen LogP contribution in [-0.4, -0.2) is 28.7 Å². The molecule has 0 bridgehead atoms. The van der Waals surface area contributed by atoms with Crippen LogP contribution >= 0.6 is 11.3 Å². The Bertz CT molecular complexity index is 1140. The number of thiazole rings is 1. The number of aromatic nitrogens is 1. The predicted molar refractivity (Wildman–Crippen MR) is 108 cm³/mol. The molecule has 1 aromatic heterocycles. The van der Waals surface area contributed by atoms with E-state index in [0.717, 1.165) is 21.7 Å². The van der Waals surface area contributed by atoms with Gasteiger partial charge < -0.3 is 4.90 Å². The number of fused-ring (bicyclic) bond motifs is 2. The second-order valence-electron chi connectivity index (χ2n) is 7.16. The van der Waals surface area contributed by atoms with Crippen molar-refractivity contribution in [2.24, 2.45) is 0 Å². The lowest BCUT2D eigenvalue weighted by molar-refractivity contribution is -0.121. The maximum Gasteiger partial charge on any atom is 0.258 e. The molecule has 3 heterocycles. The molecule has 28 heavy (non-hydrogen) atoms. The number of nitrogens with zero attached hydrogens (tertiary/aromatic N) is 3. The zero-order valence-electron chi connectivity index (χ0n) is 15.2. The largest absolute Gasteiger partial charge is 0.305 e. The molecule has 7 heteroatoms. The Morgan fingerprint density at radius 3 is 2.64 bits per heavy atom. The number of anilines is 2. The molecule has 2 aromatic carbocycles. The zero-order chi connectivity index (χ0) is 19.4. The lowest BCUT2D eigenvalue weighted by Gasteiger charge is -2.22. The van der Waals surface area contributed by atoms with Crippen molar-refractivity contribution in [1.82, 2.24) is 4.98 Å². The Hall–Kier alpha value is -3.06. The smallest absolute Gasteiger partial charge is 0.258 e. The molecule has 0 radical (unpaired) electrons. The normalized spacial score (nSPS) is 19.0. The van der Waals surface area contributed by atoms with Crippen LogP contribution in [0.15, 0.2) is 42.5 Å². The SMILES string of the molecule is C[C@@H]1Cc2ccccc2N1C(=O)c1ccc2nc(N3C(=O)CCC3=O)sc2c1. The minimum absolute atomic E-state index is 0.0531. The quantitative estimate of drug-likeness (QED) is 0.627. The molecule has 3 aromatic rings. The van der Waals surface area contributed by atoms with E-state index in [1.807, 2.05) is 30.0 Å². The summed E-state index contributed by atoms with van der Waals surface area (Å²) in [6, 6.07) is 13.4. The summed E-state index contributed by atoms with van der Waals surface area (Å²) >= 11 is 1.26. The van der Waals surface area contributed by atoms with E-state index in [4.69, 9.17) is 0 Å². The number of imide groups is 1. The molecule has 0 saturated carbocycles. The summed E-state index contributed by atoms with van der Waals surface area (Å²) in [6.45, 7) is 2.05. The van der Waals surface area contributed by atoms with E-state index in [-0.39, 0.29) is 36.6 Å². The van der Waals surface area contributed by atoms with Gasteiger partial charge in [-0.2, -0.15) is 0 Å². The second-order valence-corrected chi connectivity index (χ2v) is 8.17. The van der Waals surface area contributed by atoms with Crippen molar-refractivity contribution < 1.29 is 14.4 Å². The van der Waals surface area contributed by atoms with Gasteiger partial charge in [0.05, 0.1) is 10.2 Å². The molecule has 0 unspecified atom stereocenters. The highest BCUT2D eigenvalue weighted by Crippen LogP contribution is 2.35. The molecule has 0 aliphatic carbocycles. The summed E-state index contributed by atoms with van der Waals surface area (Å²) in [7, 11) is 0. The van der Waals surface area contributed by atoms with Crippen molar-refractivity contribution in [3.63, 3.8) is 0 Å². The molecule has 140 valence electrons. The van der Waals surface area contributed by atoms with Gasteiger partial charge in [-0.15, -0.1) is 0 Å². The van der Waals surface area contributed by atoms with Gasteiger partial charge in [-0.3, -0.25) is 14.4 Å². The number of para-hydroxylation sites is 1. The predicted octanol–water partition coefficient (Wildman–Crippen LogP) is 3.54. The fraction of sp³-hybridized carbons (Fsp3) is 0.238. The van der Waals surface area contributed by atoms with Crippen LogP contribution < -0.4 is 9.80 Å². The lowest BCUT2D eigenvalue weighted by atomic mass is 10.1. The van der Waals surface area contributed by atoms with Crippen molar-refractivity contribution in [2.75, 3.05) is 9.80 Å².